The number of rotatable bonds is 10. The minimum Gasteiger partial charge on any atom is -0.350 e. The molecule has 3 aromatic rings. The van der Waals surface area contributed by atoms with E-state index in [0.29, 0.717) is 26.2 Å². The molecule has 11 heteroatoms. The minimum absolute atomic E-state index is 0.0125. The van der Waals surface area contributed by atoms with Gasteiger partial charge in [-0.3, -0.25) is 13.9 Å². The summed E-state index contributed by atoms with van der Waals surface area (Å²) < 4.78 is 29.2. The molecule has 0 radical (unpaired) electrons. The highest BCUT2D eigenvalue weighted by atomic mass is 35.5. The smallest absolute Gasteiger partial charge is 0.264 e. The summed E-state index contributed by atoms with van der Waals surface area (Å²) in [5, 5.41) is 3.88. The minimum atomic E-state index is -4.23. The number of amides is 2. The van der Waals surface area contributed by atoms with Crippen LogP contribution in [0.4, 0.5) is 5.69 Å². The Morgan fingerprint density at radius 3 is 2.07 bits per heavy atom. The van der Waals surface area contributed by atoms with E-state index in [2.05, 4.69) is 5.32 Å². The molecule has 0 heterocycles. The van der Waals surface area contributed by atoms with Gasteiger partial charge in [-0.25, -0.2) is 8.42 Å². The van der Waals surface area contributed by atoms with Gasteiger partial charge < -0.3 is 10.2 Å². The van der Waals surface area contributed by atoms with Crippen LogP contribution in [0, 0.1) is 13.8 Å². The fraction of sp³-hybridized carbons (Fsp3) is 0.355. The molecule has 0 aliphatic rings. The number of nitrogens with one attached hydrogen (secondary N) is 1. The lowest BCUT2D eigenvalue weighted by molar-refractivity contribution is -0.141. The molecule has 1 N–H and O–H groups in total. The van der Waals surface area contributed by atoms with E-state index in [-0.39, 0.29) is 29.5 Å². The monoisotopic (exact) mass is 651 g/mol. The Hall–Kier alpha value is -2.78. The normalized spacial score (nSPS) is 12.5. The third kappa shape index (κ3) is 8.19. The second kappa shape index (κ2) is 13.7. The van der Waals surface area contributed by atoms with Gasteiger partial charge in [0.2, 0.25) is 11.8 Å². The molecule has 0 unspecified atom stereocenters. The van der Waals surface area contributed by atoms with Crippen LogP contribution in [-0.4, -0.2) is 43.3 Å². The van der Waals surface area contributed by atoms with E-state index >= 15 is 0 Å². The molecule has 226 valence electrons. The number of nitrogens with zero attached hydrogens (tertiary/aromatic N) is 2. The molecule has 0 fully saturated rings. The standard InChI is InChI=1S/C31H36Cl3N3O4S/c1-7-27(30(39)35-31(4,5)6)36(18-24-25(33)9-8-10-26(24)34)29(38)19-37(28-17-22(32)14-13-21(28)3)42(40,41)23-15-11-20(2)12-16-23/h8-17,27H,7,18-19H2,1-6H3,(H,35,39)/t27-/m1/s1. The number of carbonyl (C=O) groups excluding carboxylic acids is 2. The fourth-order valence-electron chi connectivity index (χ4n) is 4.43. The summed E-state index contributed by atoms with van der Waals surface area (Å²) in [5.41, 5.74) is 1.61. The van der Waals surface area contributed by atoms with Crippen LogP contribution in [-0.2, 0) is 26.2 Å². The van der Waals surface area contributed by atoms with Gasteiger partial charge in [-0.1, -0.05) is 71.6 Å². The van der Waals surface area contributed by atoms with Crippen LogP contribution in [0.5, 0.6) is 0 Å². The Labute approximate surface area is 263 Å². The molecular weight excluding hydrogens is 617 g/mol. The van der Waals surface area contributed by atoms with E-state index in [1.54, 1.807) is 56.3 Å². The van der Waals surface area contributed by atoms with Crippen molar-refractivity contribution >= 4 is 62.3 Å². The number of halogens is 3. The average Bonchev–Trinajstić information content (AvgIpc) is 2.89. The average molecular weight is 653 g/mol. The molecule has 0 aromatic heterocycles. The number of hydrogen-bond donors (Lipinski definition) is 1. The van der Waals surface area contributed by atoms with Crippen molar-refractivity contribution in [1.29, 1.82) is 0 Å². The van der Waals surface area contributed by atoms with Crippen molar-refractivity contribution < 1.29 is 18.0 Å². The second-order valence-electron chi connectivity index (χ2n) is 11.1. The molecule has 0 aliphatic carbocycles. The lowest BCUT2D eigenvalue weighted by atomic mass is 10.1. The van der Waals surface area contributed by atoms with Crippen LogP contribution in [0.25, 0.3) is 0 Å². The number of sulfonamides is 1. The van der Waals surface area contributed by atoms with Crippen LogP contribution in [0.1, 0.15) is 50.8 Å². The first-order chi connectivity index (χ1) is 19.5. The van der Waals surface area contributed by atoms with Crippen molar-refractivity contribution in [2.75, 3.05) is 10.8 Å². The maximum Gasteiger partial charge on any atom is 0.264 e. The van der Waals surface area contributed by atoms with Gasteiger partial charge in [-0.2, -0.15) is 0 Å². The zero-order chi connectivity index (χ0) is 31.4. The van der Waals surface area contributed by atoms with Crippen molar-refractivity contribution in [2.45, 2.75) is 71.0 Å². The van der Waals surface area contributed by atoms with Crippen molar-refractivity contribution in [3.63, 3.8) is 0 Å². The number of anilines is 1. The van der Waals surface area contributed by atoms with E-state index in [1.165, 1.54) is 23.1 Å². The van der Waals surface area contributed by atoms with Gasteiger partial charge >= 0.3 is 0 Å². The first-order valence-corrected chi connectivity index (χ1v) is 16.0. The third-order valence-corrected chi connectivity index (χ3v) is 9.32. The third-order valence-electron chi connectivity index (χ3n) is 6.60. The Kier molecular flexibility index (Phi) is 11.0. The summed E-state index contributed by atoms with van der Waals surface area (Å²) in [7, 11) is -4.23. The molecular formula is C31H36Cl3N3O4S. The van der Waals surface area contributed by atoms with Gasteiger partial charge in [-0.05, 0) is 83.0 Å². The summed E-state index contributed by atoms with van der Waals surface area (Å²) >= 11 is 19.2. The molecule has 42 heavy (non-hydrogen) atoms. The number of carbonyl (C=O) groups is 2. The van der Waals surface area contributed by atoms with Gasteiger partial charge in [0.05, 0.1) is 10.6 Å². The first kappa shape index (κ1) is 33.7. The molecule has 0 aliphatic heterocycles. The van der Waals surface area contributed by atoms with Crippen LogP contribution in [0.15, 0.2) is 65.6 Å². The Morgan fingerprint density at radius 2 is 1.52 bits per heavy atom. The Balaban J connectivity index is 2.16. The topological polar surface area (TPSA) is 86.8 Å². The lowest BCUT2D eigenvalue weighted by Crippen LogP contribution is -2.55. The molecule has 3 rings (SSSR count). The van der Waals surface area contributed by atoms with Gasteiger partial charge in [0.15, 0.2) is 0 Å². The SMILES string of the molecule is CC[C@H](C(=O)NC(C)(C)C)N(Cc1c(Cl)cccc1Cl)C(=O)CN(c1cc(Cl)ccc1C)S(=O)(=O)c1ccc(C)cc1. The Morgan fingerprint density at radius 1 is 0.929 bits per heavy atom. The summed E-state index contributed by atoms with van der Waals surface area (Å²) in [6.07, 6.45) is 0.261. The van der Waals surface area contributed by atoms with Gasteiger partial charge in [-0.15, -0.1) is 0 Å². The van der Waals surface area contributed by atoms with E-state index in [1.807, 2.05) is 27.7 Å². The number of benzene rings is 3. The molecule has 0 saturated heterocycles. The molecule has 2 amide bonds. The van der Waals surface area contributed by atoms with Crippen molar-refractivity contribution in [1.82, 2.24) is 10.2 Å². The quantitative estimate of drug-likeness (QED) is 0.251. The Bertz CT molecular complexity index is 1530. The summed E-state index contributed by atoms with van der Waals surface area (Å²) in [4.78, 5) is 29.1. The molecule has 0 spiro atoms. The maximum atomic E-state index is 14.3. The molecule has 7 nitrogen and oxygen atoms in total. The zero-order valence-corrected chi connectivity index (χ0v) is 27.6. The van der Waals surface area contributed by atoms with Crippen molar-refractivity contribution in [2.24, 2.45) is 0 Å². The van der Waals surface area contributed by atoms with Crippen LogP contribution < -0.4 is 9.62 Å². The maximum absolute atomic E-state index is 14.3. The van der Waals surface area contributed by atoms with Gasteiger partial charge in [0.1, 0.15) is 12.6 Å². The van der Waals surface area contributed by atoms with Crippen molar-refractivity contribution in [3.05, 3.63) is 92.4 Å². The van der Waals surface area contributed by atoms with E-state index in [4.69, 9.17) is 34.8 Å². The lowest BCUT2D eigenvalue weighted by Gasteiger charge is -2.35. The highest BCUT2D eigenvalue weighted by molar-refractivity contribution is 7.92. The zero-order valence-electron chi connectivity index (χ0n) is 24.5. The van der Waals surface area contributed by atoms with Gasteiger partial charge in [0.25, 0.3) is 10.0 Å². The predicted molar refractivity (Wildman–Crippen MR) is 171 cm³/mol. The van der Waals surface area contributed by atoms with Gasteiger partial charge in [0, 0.05) is 32.7 Å². The number of aryl methyl sites for hydroxylation is 2. The summed E-state index contributed by atoms with van der Waals surface area (Å²) in [5.74, 6) is -0.995. The molecule has 3 aromatic carbocycles. The largest absolute Gasteiger partial charge is 0.350 e. The van der Waals surface area contributed by atoms with Crippen LogP contribution in [0.3, 0.4) is 0 Å². The molecule has 0 saturated carbocycles. The summed E-state index contributed by atoms with van der Waals surface area (Å²) in [6, 6.07) is 15.2. The molecule has 1 atom stereocenters. The second-order valence-corrected chi connectivity index (χ2v) is 14.3. The van der Waals surface area contributed by atoms with E-state index in [0.717, 1.165) is 9.87 Å². The first-order valence-electron chi connectivity index (χ1n) is 13.4. The highest BCUT2D eigenvalue weighted by Gasteiger charge is 2.35. The van der Waals surface area contributed by atoms with E-state index in [9.17, 15) is 18.0 Å². The van der Waals surface area contributed by atoms with Crippen LogP contribution in [0.2, 0.25) is 15.1 Å². The predicted octanol–water partition coefficient (Wildman–Crippen LogP) is 7.18. The number of hydrogen-bond acceptors (Lipinski definition) is 4. The molecule has 0 bridgehead atoms. The van der Waals surface area contributed by atoms with Crippen molar-refractivity contribution in [3.8, 4) is 0 Å². The fourth-order valence-corrected chi connectivity index (χ4v) is 6.58. The van der Waals surface area contributed by atoms with E-state index < -0.39 is 34.1 Å². The van der Waals surface area contributed by atoms with Crippen LogP contribution >= 0.6 is 34.8 Å². The highest BCUT2D eigenvalue weighted by Crippen LogP contribution is 2.31. The summed E-state index contributed by atoms with van der Waals surface area (Å²) in [6.45, 7) is 10.2.